The molecule has 5 heteroatoms. The van der Waals surface area contributed by atoms with Crippen molar-refractivity contribution < 1.29 is 4.74 Å². The lowest BCUT2D eigenvalue weighted by atomic mass is 9.70. The van der Waals surface area contributed by atoms with Crippen molar-refractivity contribution in [1.82, 2.24) is 5.43 Å². The van der Waals surface area contributed by atoms with Crippen LogP contribution in [-0.2, 0) is 4.74 Å². The summed E-state index contributed by atoms with van der Waals surface area (Å²) >= 11 is 4.23. The van der Waals surface area contributed by atoms with Crippen LogP contribution in [0.4, 0.5) is 0 Å². The van der Waals surface area contributed by atoms with Crippen molar-refractivity contribution in [2.24, 2.45) is 11.8 Å². The van der Waals surface area contributed by atoms with Gasteiger partial charge in [0.15, 0.2) is 0 Å². The van der Waals surface area contributed by atoms with Crippen LogP contribution in [0, 0.1) is 5.92 Å². The molecule has 3 nitrogen and oxygen atoms in total. The van der Waals surface area contributed by atoms with Crippen LogP contribution in [0.15, 0.2) is 0 Å². The highest BCUT2D eigenvalue weighted by molar-refractivity contribution is 8.07. The molecule has 3 N–H and O–H groups in total. The van der Waals surface area contributed by atoms with Crippen molar-refractivity contribution >= 4 is 23.5 Å². The predicted octanol–water partition coefficient (Wildman–Crippen LogP) is 2.40. The van der Waals surface area contributed by atoms with Crippen LogP contribution in [0.1, 0.15) is 39.0 Å². The number of nitrogens with one attached hydrogen (secondary N) is 1. The molecule has 0 aromatic rings. The Kier molecular flexibility index (Phi) is 4.69. The number of hydrogen-bond acceptors (Lipinski definition) is 5. The van der Waals surface area contributed by atoms with E-state index in [4.69, 9.17) is 10.6 Å². The van der Waals surface area contributed by atoms with Crippen LogP contribution in [-0.4, -0.2) is 40.3 Å². The molecule has 1 aliphatic carbocycles. The Bertz CT molecular complexity index is 312. The second-order valence-corrected chi connectivity index (χ2v) is 9.01. The van der Waals surface area contributed by atoms with Gasteiger partial charge >= 0.3 is 0 Å². The van der Waals surface area contributed by atoms with Crippen LogP contribution < -0.4 is 11.3 Å². The molecule has 110 valence electrons. The molecule has 1 saturated carbocycles. The molecule has 3 fully saturated rings. The number of rotatable bonds is 3. The summed E-state index contributed by atoms with van der Waals surface area (Å²) in [6.45, 7) is 3.30. The van der Waals surface area contributed by atoms with Gasteiger partial charge in [0, 0.05) is 34.7 Å². The highest BCUT2D eigenvalue weighted by Crippen LogP contribution is 2.46. The Labute approximate surface area is 125 Å². The zero-order chi connectivity index (χ0) is 13.3. The number of hydrogen-bond donors (Lipinski definition) is 2. The maximum Gasteiger partial charge on any atom is 0.0685 e. The van der Waals surface area contributed by atoms with Gasteiger partial charge in [-0.25, -0.2) is 0 Å². The van der Waals surface area contributed by atoms with E-state index in [2.05, 4.69) is 35.9 Å². The minimum absolute atomic E-state index is 0.230. The van der Waals surface area contributed by atoms with E-state index in [1.807, 2.05) is 0 Å². The van der Waals surface area contributed by atoms with E-state index in [0.717, 1.165) is 6.61 Å². The van der Waals surface area contributed by atoms with Gasteiger partial charge in [-0.2, -0.15) is 23.5 Å². The predicted molar refractivity (Wildman–Crippen MR) is 84.5 cm³/mol. The van der Waals surface area contributed by atoms with Gasteiger partial charge in [-0.05, 0) is 38.0 Å². The first kappa shape index (κ1) is 14.5. The molecule has 3 aliphatic rings. The largest absolute Gasteiger partial charge is 0.375 e. The van der Waals surface area contributed by atoms with E-state index < -0.39 is 0 Å². The van der Waals surface area contributed by atoms with E-state index in [1.54, 1.807) is 0 Å². The summed E-state index contributed by atoms with van der Waals surface area (Å²) in [7, 11) is 0. The van der Waals surface area contributed by atoms with Crippen molar-refractivity contribution in [3.8, 4) is 0 Å². The lowest BCUT2D eigenvalue weighted by Gasteiger charge is -2.50. The van der Waals surface area contributed by atoms with Gasteiger partial charge in [0.25, 0.3) is 0 Å². The Hall–Kier alpha value is 0.580. The molecule has 0 aromatic carbocycles. The van der Waals surface area contributed by atoms with E-state index in [-0.39, 0.29) is 5.60 Å². The molecule has 4 atom stereocenters. The highest BCUT2D eigenvalue weighted by Gasteiger charge is 2.46. The first-order chi connectivity index (χ1) is 9.24. The van der Waals surface area contributed by atoms with Crippen LogP contribution in [0.25, 0.3) is 0 Å². The summed E-state index contributed by atoms with van der Waals surface area (Å²) in [5.74, 6) is 9.18. The molecule has 3 rings (SSSR count). The minimum atomic E-state index is 0.230. The average molecular weight is 303 g/mol. The number of nitrogens with two attached hydrogens (primary N) is 1. The van der Waals surface area contributed by atoms with Crippen molar-refractivity contribution in [3.63, 3.8) is 0 Å². The van der Waals surface area contributed by atoms with Gasteiger partial charge in [-0.1, -0.05) is 6.92 Å². The SMILES string of the molecule is CC1SCCSC1C(NN)C1CCOC2(CCC2)C1. The molecule has 19 heavy (non-hydrogen) atoms. The summed E-state index contributed by atoms with van der Waals surface area (Å²) in [6, 6.07) is 0.453. The van der Waals surface area contributed by atoms with Crippen LogP contribution in [0.3, 0.4) is 0 Å². The third-order valence-electron chi connectivity index (χ3n) is 5.09. The molecule has 0 aromatic heterocycles. The quantitative estimate of drug-likeness (QED) is 0.619. The topological polar surface area (TPSA) is 47.3 Å². The number of hydrazine groups is 1. The third-order valence-corrected chi connectivity index (χ3v) is 8.30. The van der Waals surface area contributed by atoms with Gasteiger partial charge < -0.3 is 4.74 Å². The zero-order valence-electron chi connectivity index (χ0n) is 11.8. The normalized spacial score (nSPS) is 39.8. The Morgan fingerprint density at radius 2 is 2.11 bits per heavy atom. The smallest absolute Gasteiger partial charge is 0.0685 e. The minimum Gasteiger partial charge on any atom is -0.375 e. The molecule has 4 unspecified atom stereocenters. The summed E-state index contributed by atoms with van der Waals surface area (Å²) in [5.41, 5.74) is 3.40. The van der Waals surface area contributed by atoms with Crippen molar-refractivity contribution in [2.45, 2.75) is 61.2 Å². The molecule has 1 spiro atoms. The van der Waals surface area contributed by atoms with Crippen LogP contribution >= 0.6 is 23.5 Å². The Balaban J connectivity index is 1.67. The fourth-order valence-electron chi connectivity index (χ4n) is 3.84. The fraction of sp³-hybridized carbons (Fsp3) is 1.00. The second kappa shape index (κ2) is 6.14. The summed E-state index contributed by atoms with van der Waals surface area (Å²) < 4.78 is 6.06. The van der Waals surface area contributed by atoms with Gasteiger partial charge in [0.2, 0.25) is 0 Å². The Morgan fingerprint density at radius 3 is 2.74 bits per heavy atom. The summed E-state index contributed by atoms with van der Waals surface area (Å²) in [4.78, 5) is 0. The molecule has 2 aliphatic heterocycles. The second-order valence-electron chi connectivity index (χ2n) is 6.24. The van der Waals surface area contributed by atoms with Gasteiger partial charge in [0.1, 0.15) is 0 Å². The zero-order valence-corrected chi connectivity index (χ0v) is 13.4. The maximum absolute atomic E-state index is 6.06. The highest BCUT2D eigenvalue weighted by atomic mass is 32.2. The molecular formula is C14H26N2OS2. The summed E-state index contributed by atoms with van der Waals surface area (Å²) in [5, 5.41) is 1.36. The molecule has 2 saturated heterocycles. The van der Waals surface area contributed by atoms with Gasteiger partial charge in [-0.15, -0.1) is 0 Å². The lowest BCUT2D eigenvalue weighted by molar-refractivity contribution is -0.147. The molecule has 2 heterocycles. The monoisotopic (exact) mass is 302 g/mol. The standard InChI is InChI=1S/C14H26N2OS2/c1-10-13(19-8-7-18-10)12(16-15)11-3-6-17-14(9-11)4-2-5-14/h10-13,16H,2-9,15H2,1H3. The molecule has 0 bridgehead atoms. The first-order valence-corrected chi connectivity index (χ1v) is 9.67. The lowest BCUT2D eigenvalue weighted by Crippen LogP contribution is -2.56. The van der Waals surface area contributed by atoms with Crippen LogP contribution in [0.2, 0.25) is 0 Å². The molecular weight excluding hydrogens is 276 g/mol. The van der Waals surface area contributed by atoms with Crippen molar-refractivity contribution in [1.29, 1.82) is 0 Å². The number of thioether (sulfide) groups is 2. The average Bonchev–Trinajstić information content (AvgIpc) is 2.40. The van der Waals surface area contributed by atoms with Crippen molar-refractivity contribution in [3.05, 3.63) is 0 Å². The molecule has 0 radical (unpaired) electrons. The van der Waals surface area contributed by atoms with Crippen molar-refractivity contribution in [2.75, 3.05) is 18.1 Å². The van der Waals surface area contributed by atoms with Gasteiger partial charge in [0.05, 0.1) is 5.60 Å². The number of ether oxygens (including phenoxy) is 1. The van der Waals surface area contributed by atoms with E-state index >= 15 is 0 Å². The fourth-order valence-corrected chi connectivity index (χ4v) is 6.86. The van der Waals surface area contributed by atoms with Crippen LogP contribution in [0.5, 0.6) is 0 Å². The first-order valence-electron chi connectivity index (χ1n) is 7.57. The van der Waals surface area contributed by atoms with Gasteiger partial charge in [-0.3, -0.25) is 11.3 Å². The summed E-state index contributed by atoms with van der Waals surface area (Å²) in [6.07, 6.45) is 6.27. The van der Waals surface area contributed by atoms with E-state index in [0.29, 0.717) is 22.5 Å². The third kappa shape index (κ3) is 2.95. The van der Waals surface area contributed by atoms with E-state index in [1.165, 1.54) is 43.6 Å². The Morgan fingerprint density at radius 1 is 1.32 bits per heavy atom. The maximum atomic E-state index is 6.06. The van der Waals surface area contributed by atoms with E-state index in [9.17, 15) is 0 Å². The molecule has 0 amide bonds.